The summed E-state index contributed by atoms with van der Waals surface area (Å²) in [7, 11) is 0. The van der Waals surface area contributed by atoms with E-state index in [1.165, 1.54) is 30.4 Å². The number of halogens is 6. The second-order valence-corrected chi connectivity index (χ2v) is 5.53. The number of amidine groups is 1. The summed E-state index contributed by atoms with van der Waals surface area (Å²) in [5.74, 6) is -0.960. The quantitative estimate of drug-likeness (QED) is 0.245. The topological polar surface area (TPSA) is 67.8 Å². The largest absolute Gasteiger partial charge is 0.489 e. The molecule has 0 bridgehead atoms. The average Bonchev–Trinajstić information content (AvgIpc) is 2.63. The zero-order chi connectivity index (χ0) is 20.9. The highest BCUT2D eigenvalue weighted by Crippen LogP contribution is 2.37. The molecule has 0 aromatic heterocycles. The molecule has 0 radical (unpaired) electrons. The van der Waals surface area contributed by atoms with E-state index in [1.807, 2.05) is 0 Å². The number of oxime groups is 1. The van der Waals surface area contributed by atoms with Gasteiger partial charge in [-0.15, -0.1) is 0 Å². The van der Waals surface area contributed by atoms with Gasteiger partial charge in [0.05, 0.1) is 11.1 Å². The van der Waals surface area contributed by atoms with E-state index in [4.69, 9.17) is 15.7 Å². The number of rotatable bonds is 5. The zero-order valence-corrected chi connectivity index (χ0v) is 14.1. The van der Waals surface area contributed by atoms with Crippen molar-refractivity contribution in [1.29, 1.82) is 0 Å². The summed E-state index contributed by atoms with van der Waals surface area (Å²) in [5.41, 5.74) is 3.66. The summed E-state index contributed by atoms with van der Waals surface area (Å²) < 4.78 is 82.1. The van der Waals surface area contributed by atoms with Crippen LogP contribution in [0.25, 0.3) is 6.08 Å². The third kappa shape index (κ3) is 5.41. The van der Waals surface area contributed by atoms with E-state index in [-0.39, 0.29) is 12.2 Å². The van der Waals surface area contributed by atoms with Gasteiger partial charge in [-0.1, -0.05) is 23.4 Å². The van der Waals surface area contributed by atoms with Gasteiger partial charge >= 0.3 is 12.4 Å². The van der Waals surface area contributed by atoms with Crippen molar-refractivity contribution in [2.45, 2.75) is 12.4 Å². The monoisotopic (exact) mass is 404 g/mol. The molecule has 28 heavy (non-hydrogen) atoms. The Morgan fingerprint density at radius 1 is 1.00 bits per heavy atom. The number of benzene rings is 2. The first-order valence-corrected chi connectivity index (χ1v) is 7.68. The fraction of sp³-hybridized carbons (Fsp3) is 0.167. The smallest absolute Gasteiger partial charge is 0.419 e. The molecule has 0 heterocycles. The van der Waals surface area contributed by atoms with Crippen molar-refractivity contribution in [3.63, 3.8) is 0 Å². The molecule has 0 spiro atoms. The standard InChI is InChI=1S/C18H14F6N2O2/c19-17(20,21)13-6-3-11(4-7-13)2-1-9-28-15-8-5-12(16(25)26-27)10-14(15)18(22,23)24/h1-8,10,27H,9H2,(H2,25,26)/b2-1-. The van der Waals surface area contributed by atoms with E-state index in [9.17, 15) is 26.3 Å². The molecular weight excluding hydrogens is 390 g/mol. The third-order valence-corrected chi connectivity index (χ3v) is 3.57. The van der Waals surface area contributed by atoms with Crippen LogP contribution in [0.3, 0.4) is 0 Å². The van der Waals surface area contributed by atoms with Crippen LogP contribution in [0.1, 0.15) is 22.3 Å². The summed E-state index contributed by atoms with van der Waals surface area (Å²) in [5, 5.41) is 11.2. The van der Waals surface area contributed by atoms with Crippen LogP contribution >= 0.6 is 0 Å². The summed E-state index contributed by atoms with van der Waals surface area (Å²) in [4.78, 5) is 0. The summed E-state index contributed by atoms with van der Waals surface area (Å²) in [6.45, 7) is -0.257. The van der Waals surface area contributed by atoms with E-state index in [0.29, 0.717) is 11.6 Å². The van der Waals surface area contributed by atoms with Crippen molar-refractivity contribution in [3.05, 3.63) is 70.8 Å². The van der Waals surface area contributed by atoms with Gasteiger partial charge in [-0.25, -0.2) is 0 Å². The maximum Gasteiger partial charge on any atom is 0.419 e. The highest BCUT2D eigenvalue weighted by molar-refractivity contribution is 5.97. The van der Waals surface area contributed by atoms with Crippen LogP contribution in [-0.4, -0.2) is 17.6 Å². The Morgan fingerprint density at radius 3 is 2.18 bits per heavy atom. The Kier molecular flexibility index (Phi) is 6.22. The van der Waals surface area contributed by atoms with Gasteiger partial charge < -0.3 is 15.7 Å². The van der Waals surface area contributed by atoms with Gasteiger partial charge in [0, 0.05) is 5.56 Å². The first kappa shape index (κ1) is 21.1. The minimum Gasteiger partial charge on any atom is -0.489 e. The lowest BCUT2D eigenvalue weighted by Gasteiger charge is -2.14. The Morgan fingerprint density at radius 2 is 1.64 bits per heavy atom. The fourth-order valence-electron chi connectivity index (χ4n) is 2.20. The molecule has 0 atom stereocenters. The van der Waals surface area contributed by atoms with Gasteiger partial charge in [-0.05, 0) is 42.0 Å². The molecule has 2 aromatic rings. The SMILES string of the molecule is N/C(=N\O)c1ccc(OC/C=C\c2ccc(C(F)(F)F)cc2)c(C(F)(F)F)c1. The second-order valence-electron chi connectivity index (χ2n) is 5.53. The molecule has 0 fully saturated rings. The maximum atomic E-state index is 13.2. The van der Waals surface area contributed by atoms with Crippen molar-refractivity contribution in [3.8, 4) is 5.75 Å². The Bertz CT molecular complexity index is 871. The summed E-state index contributed by atoms with van der Waals surface area (Å²) in [6.07, 6.45) is -6.41. The van der Waals surface area contributed by atoms with Crippen LogP contribution < -0.4 is 10.5 Å². The van der Waals surface area contributed by atoms with Crippen LogP contribution in [0.2, 0.25) is 0 Å². The molecule has 0 aliphatic rings. The molecule has 0 amide bonds. The Balaban J connectivity index is 2.11. The fourth-order valence-corrected chi connectivity index (χ4v) is 2.20. The Labute approximate surface area is 155 Å². The highest BCUT2D eigenvalue weighted by Gasteiger charge is 2.35. The van der Waals surface area contributed by atoms with Gasteiger partial charge in [0.25, 0.3) is 0 Å². The molecule has 0 aliphatic carbocycles. The van der Waals surface area contributed by atoms with E-state index in [1.54, 1.807) is 0 Å². The molecule has 3 N–H and O–H groups in total. The molecule has 150 valence electrons. The number of alkyl halides is 6. The molecule has 4 nitrogen and oxygen atoms in total. The lowest BCUT2D eigenvalue weighted by Crippen LogP contribution is -2.16. The summed E-state index contributed by atoms with van der Waals surface area (Å²) >= 11 is 0. The summed E-state index contributed by atoms with van der Waals surface area (Å²) in [6, 6.07) is 7.16. The molecule has 0 saturated heterocycles. The number of hydrogen-bond acceptors (Lipinski definition) is 3. The number of nitrogens with two attached hydrogens (primary N) is 1. The van der Waals surface area contributed by atoms with Crippen molar-refractivity contribution in [2.75, 3.05) is 6.61 Å². The van der Waals surface area contributed by atoms with E-state index in [2.05, 4.69) is 5.16 Å². The lowest BCUT2D eigenvalue weighted by atomic mass is 10.1. The molecule has 0 unspecified atom stereocenters. The predicted octanol–water partition coefficient (Wildman–Crippen LogP) is 4.91. The van der Waals surface area contributed by atoms with Crippen molar-refractivity contribution >= 4 is 11.9 Å². The molecule has 0 saturated carbocycles. The van der Waals surface area contributed by atoms with Crippen molar-refractivity contribution < 1.29 is 36.3 Å². The van der Waals surface area contributed by atoms with Crippen LogP contribution in [0.4, 0.5) is 26.3 Å². The van der Waals surface area contributed by atoms with Gasteiger partial charge in [0.15, 0.2) is 5.84 Å². The lowest BCUT2D eigenvalue weighted by molar-refractivity contribution is -0.139. The van der Waals surface area contributed by atoms with E-state index >= 15 is 0 Å². The molecule has 2 aromatic carbocycles. The number of hydrogen-bond donors (Lipinski definition) is 2. The normalized spacial score (nSPS) is 13.1. The third-order valence-electron chi connectivity index (χ3n) is 3.57. The van der Waals surface area contributed by atoms with Crippen LogP contribution in [0.15, 0.2) is 53.7 Å². The predicted molar refractivity (Wildman–Crippen MR) is 89.9 cm³/mol. The molecular formula is C18H14F6N2O2. The van der Waals surface area contributed by atoms with Crippen molar-refractivity contribution in [1.82, 2.24) is 0 Å². The zero-order valence-electron chi connectivity index (χ0n) is 14.1. The van der Waals surface area contributed by atoms with Crippen LogP contribution in [0, 0.1) is 0 Å². The maximum absolute atomic E-state index is 13.2. The van der Waals surface area contributed by atoms with Crippen molar-refractivity contribution in [2.24, 2.45) is 10.9 Å². The molecule has 10 heteroatoms. The first-order chi connectivity index (χ1) is 13.0. The minimum atomic E-state index is -4.74. The number of ether oxygens (including phenoxy) is 1. The minimum absolute atomic E-state index is 0.137. The van der Waals surface area contributed by atoms with Gasteiger partial charge in [0.2, 0.25) is 0 Å². The molecule has 0 aliphatic heterocycles. The number of nitrogens with zero attached hydrogens (tertiary/aromatic N) is 1. The average molecular weight is 404 g/mol. The van der Waals surface area contributed by atoms with Gasteiger partial charge in [0.1, 0.15) is 12.4 Å². The van der Waals surface area contributed by atoms with Crippen LogP contribution in [0.5, 0.6) is 5.75 Å². The van der Waals surface area contributed by atoms with Gasteiger partial charge in [-0.2, -0.15) is 26.3 Å². The van der Waals surface area contributed by atoms with E-state index in [0.717, 1.165) is 18.2 Å². The van der Waals surface area contributed by atoms with E-state index < -0.39 is 35.1 Å². The second kappa shape index (κ2) is 8.24. The van der Waals surface area contributed by atoms with Gasteiger partial charge in [-0.3, -0.25) is 0 Å². The molecule has 2 rings (SSSR count). The Hall–Kier alpha value is -3.17. The first-order valence-electron chi connectivity index (χ1n) is 7.68. The highest BCUT2D eigenvalue weighted by atomic mass is 19.4. The van der Waals surface area contributed by atoms with Crippen LogP contribution in [-0.2, 0) is 12.4 Å².